The van der Waals surface area contributed by atoms with Gasteiger partial charge < -0.3 is 5.73 Å². The standard InChI is InChI=1S/C14H20BrNO2S/c1-14(2)8-7-12(16)13(9-14)19(17,18)11-5-3-10(15)4-6-11/h3-6,12-13H,7-9,16H2,1-2H3. The van der Waals surface area contributed by atoms with Crippen LogP contribution in [0.1, 0.15) is 33.1 Å². The van der Waals surface area contributed by atoms with E-state index >= 15 is 0 Å². The number of hydrogen-bond donors (Lipinski definition) is 1. The van der Waals surface area contributed by atoms with E-state index in [2.05, 4.69) is 29.8 Å². The largest absolute Gasteiger partial charge is 0.327 e. The maximum Gasteiger partial charge on any atom is 0.182 e. The van der Waals surface area contributed by atoms with E-state index < -0.39 is 15.1 Å². The molecule has 2 N–H and O–H groups in total. The summed E-state index contributed by atoms with van der Waals surface area (Å²) in [6.45, 7) is 4.23. The third-order valence-corrected chi connectivity index (χ3v) is 6.70. The SMILES string of the molecule is CC1(C)CCC(N)C(S(=O)(=O)c2ccc(Br)cc2)C1. The van der Waals surface area contributed by atoms with Crippen molar-refractivity contribution >= 4 is 25.8 Å². The monoisotopic (exact) mass is 345 g/mol. The lowest BCUT2D eigenvalue weighted by molar-refractivity contribution is 0.227. The molecule has 0 heterocycles. The molecule has 1 fully saturated rings. The maximum atomic E-state index is 12.7. The fraction of sp³-hybridized carbons (Fsp3) is 0.571. The van der Waals surface area contributed by atoms with Crippen LogP contribution in [0.2, 0.25) is 0 Å². The van der Waals surface area contributed by atoms with Gasteiger partial charge in [0, 0.05) is 10.5 Å². The van der Waals surface area contributed by atoms with Gasteiger partial charge in [-0.15, -0.1) is 0 Å². The number of hydrogen-bond acceptors (Lipinski definition) is 3. The molecule has 0 aliphatic heterocycles. The molecular formula is C14H20BrNO2S. The van der Waals surface area contributed by atoms with Gasteiger partial charge in [0.2, 0.25) is 0 Å². The van der Waals surface area contributed by atoms with E-state index in [1.54, 1.807) is 24.3 Å². The molecule has 0 radical (unpaired) electrons. The highest BCUT2D eigenvalue weighted by Crippen LogP contribution is 2.39. The van der Waals surface area contributed by atoms with Crippen molar-refractivity contribution in [2.45, 2.75) is 49.3 Å². The van der Waals surface area contributed by atoms with Gasteiger partial charge in [-0.2, -0.15) is 0 Å². The Labute approximate surface area is 123 Å². The predicted molar refractivity (Wildman–Crippen MR) is 80.7 cm³/mol. The summed E-state index contributed by atoms with van der Waals surface area (Å²) in [5.41, 5.74) is 6.11. The van der Waals surface area contributed by atoms with E-state index in [4.69, 9.17) is 5.73 Å². The Morgan fingerprint density at radius 1 is 1.26 bits per heavy atom. The lowest BCUT2D eigenvalue weighted by Crippen LogP contribution is -2.47. The van der Waals surface area contributed by atoms with Crippen molar-refractivity contribution in [2.75, 3.05) is 0 Å². The summed E-state index contributed by atoms with van der Waals surface area (Å²) in [6.07, 6.45) is 2.39. The van der Waals surface area contributed by atoms with Crippen molar-refractivity contribution in [1.82, 2.24) is 0 Å². The molecule has 19 heavy (non-hydrogen) atoms. The van der Waals surface area contributed by atoms with Gasteiger partial charge >= 0.3 is 0 Å². The molecule has 0 bridgehead atoms. The Kier molecular flexibility index (Phi) is 4.10. The van der Waals surface area contributed by atoms with E-state index in [1.165, 1.54) is 0 Å². The third kappa shape index (κ3) is 3.20. The Morgan fingerprint density at radius 3 is 2.42 bits per heavy atom. The van der Waals surface area contributed by atoms with Crippen LogP contribution in [0.5, 0.6) is 0 Å². The van der Waals surface area contributed by atoms with Crippen molar-refractivity contribution in [1.29, 1.82) is 0 Å². The first-order valence-electron chi connectivity index (χ1n) is 6.47. The Bertz CT molecular complexity index is 551. The molecular weight excluding hydrogens is 326 g/mol. The van der Waals surface area contributed by atoms with E-state index in [1.807, 2.05) is 0 Å². The Hall–Kier alpha value is -0.390. The highest BCUT2D eigenvalue weighted by Gasteiger charge is 2.41. The lowest BCUT2D eigenvalue weighted by atomic mass is 9.75. The van der Waals surface area contributed by atoms with Gasteiger partial charge in [-0.25, -0.2) is 8.42 Å². The Balaban J connectivity index is 2.35. The summed E-state index contributed by atoms with van der Waals surface area (Å²) in [5.74, 6) is 0. The van der Waals surface area contributed by atoms with Crippen LogP contribution < -0.4 is 5.73 Å². The van der Waals surface area contributed by atoms with Gasteiger partial charge in [-0.3, -0.25) is 0 Å². The van der Waals surface area contributed by atoms with Crippen molar-refractivity contribution in [3.63, 3.8) is 0 Å². The highest BCUT2D eigenvalue weighted by atomic mass is 79.9. The Morgan fingerprint density at radius 2 is 1.84 bits per heavy atom. The molecule has 5 heteroatoms. The fourth-order valence-electron chi connectivity index (χ4n) is 2.68. The lowest BCUT2D eigenvalue weighted by Gasteiger charge is -2.38. The number of sulfone groups is 1. The fourth-order valence-corrected chi connectivity index (χ4v) is 5.08. The first kappa shape index (κ1) is 15.0. The van der Waals surface area contributed by atoms with Crippen LogP contribution in [0.3, 0.4) is 0 Å². The second-order valence-electron chi connectivity index (χ2n) is 6.11. The normalized spacial score (nSPS) is 27.2. The summed E-state index contributed by atoms with van der Waals surface area (Å²) in [7, 11) is -3.34. The quantitative estimate of drug-likeness (QED) is 0.895. The van der Waals surface area contributed by atoms with Crippen LogP contribution in [0.4, 0.5) is 0 Å². The van der Waals surface area contributed by atoms with E-state index in [0.717, 1.165) is 17.3 Å². The minimum absolute atomic E-state index is 0.0446. The van der Waals surface area contributed by atoms with Gasteiger partial charge in [0.25, 0.3) is 0 Å². The predicted octanol–water partition coefficient (Wildman–Crippen LogP) is 3.13. The minimum atomic E-state index is -3.34. The molecule has 1 aromatic carbocycles. The van der Waals surface area contributed by atoms with Crippen LogP contribution >= 0.6 is 15.9 Å². The second kappa shape index (κ2) is 5.19. The van der Waals surface area contributed by atoms with Gasteiger partial charge in [0.1, 0.15) is 0 Å². The first-order valence-corrected chi connectivity index (χ1v) is 8.81. The van der Waals surface area contributed by atoms with Crippen molar-refractivity contribution in [2.24, 2.45) is 11.1 Å². The molecule has 106 valence electrons. The summed E-state index contributed by atoms with van der Waals surface area (Å²) in [6, 6.07) is 6.54. The second-order valence-corrected chi connectivity index (χ2v) is 9.19. The van der Waals surface area contributed by atoms with E-state index in [0.29, 0.717) is 11.3 Å². The van der Waals surface area contributed by atoms with E-state index in [-0.39, 0.29) is 11.5 Å². The van der Waals surface area contributed by atoms with Crippen LogP contribution in [-0.2, 0) is 9.84 Å². The van der Waals surface area contributed by atoms with Gasteiger partial charge in [-0.1, -0.05) is 29.8 Å². The topological polar surface area (TPSA) is 60.2 Å². The minimum Gasteiger partial charge on any atom is -0.327 e. The molecule has 0 spiro atoms. The molecule has 2 unspecified atom stereocenters. The molecule has 0 amide bonds. The van der Waals surface area contributed by atoms with Gasteiger partial charge in [0.15, 0.2) is 9.84 Å². The molecule has 1 aliphatic carbocycles. The molecule has 1 aliphatic rings. The average molecular weight is 346 g/mol. The zero-order valence-electron chi connectivity index (χ0n) is 11.3. The van der Waals surface area contributed by atoms with Crippen LogP contribution in [0.25, 0.3) is 0 Å². The molecule has 3 nitrogen and oxygen atoms in total. The van der Waals surface area contributed by atoms with Crippen molar-refractivity contribution in [3.8, 4) is 0 Å². The molecule has 0 saturated heterocycles. The van der Waals surface area contributed by atoms with Crippen LogP contribution in [0.15, 0.2) is 33.6 Å². The zero-order valence-corrected chi connectivity index (χ0v) is 13.7. The molecule has 0 aromatic heterocycles. The number of halogens is 1. The summed E-state index contributed by atoms with van der Waals surface area (Å²) in [5, 5.41) is -0.475. The highest BCUT2D eigenvalue weighted by molar-refractivity contribution is 9.10. The zero-order chi connectivity index (χ0) is 14.3. The summed E-state index contributed by atoms with van der Waals surface area (Å²) < 4.78 is 26.3. The van der Waals surface area contributed by atoms with Crippen molar-refractivity contribution < 1.29 is 8.42 Å². The third-order valence-electron chi connectivity index (χ3n) is 3.93. The number of benzene rings is 1. The smallest absolute Gasteiger partial charge is 0.182 e. The van der Waals surface area contributed by atoms with Gasteiger partial charge in [0.05, 0.1) is 10.1 Å². The number of nitrogens with two attached hydrogens (primary N) is 1. The van der Waals surface area contributed by atoms with E-state index in [9.17, 15) is 8.42 Å². The maximum absolute atomic E-state index is 12.7. The summed E-state index contributed by atoms with van der Waals surface area (Å²) >= 11 is 3.32. The van der Waals surface area contributed by atoms with Crippen LogP contribution in [0, 0.1) is 5.41 Å². The van der Waals surface area contributed by atoms with Gasteiger partial charge in [-0.05, 0) is 48.9 Å². The van der Waals surface area contributed by atoms with Crippen molar-refractivity contribution in [3.05, 3.63) is 28.7 Å². The molecule has 2 rings (SSSR count). The number of rotatable bonds is 2. The summed E-state index contributed by atoms with van der Waals surface area (Å²) in [4.78, 5) is 0.369. The first-order chi connectivity index (χ1) is 8.72. The van der Waals surface area contributed by atoms with Crippen LogP contribution in [-0.4, -0.2) is 19.7 Å². The average Bonchev–Trinajstić information content (AvgIpc) is 2.33. The molecule has 1 saturated carbocycles. The molecule has 2 atom stereocenters. The molecule has 1 aromatic rings.